The molecule has 0 atom stereocenters. The number of anilines is 1. The number of rotatable bonds is 8. The van der Waals surface area contributed by atoms with Crippen molar-refractivity contribution in [1.82, 2.24) is 4.90 Å². The third kappa shape index (κ3) is 7.16. The first-order chi connectivity index (χ1) is 12.0. The summed E-state index contributed by atoms with van der Waals surface area (Å²) >= 11 is 1.78. The molecule has 0 saturated carbocycles. The molecule has 1 N–H and O–H groups in total. The van der Waals surface area contributed by atoms with Crippen molar-refractivity contribution >= 4 is 29.4 Å². The number of thioether (sulfide) groups is 1. The van der Waals surface area contributed by atoms with E-state index in [2.05, 4.69) is 30.4 Å². The summed E-state index contributed by atoms with van der Waals surface area (Å²) in [5, 5.41) is 2.98. The van der Waals surface area contributed by atoms with Crippen molar-refractivity contribution in [3.8, 4) is 0 Å². The van der Waals surface area contributed by atoms with Gasteiger partial charge in [0, 0.05) is 11.0 Å². The maximum atomic E-state index is 12.2. The third-order valence-corrected chi connectivity index (χ3v) is 4.82. The highest BCUT2D eigenvalue weighted by Gasteiger charge is 2.05. The number of hydrogen-bond acceptors (Lipinski definition) is 3. The van der Waals surface area contributed by atoms with Crippen LogP contribution < -0.4 is 5.32 Å². The second kappa shape index (κ2) is 10.1. The lowest BCUT2D eigenvalue weighted by atomic mass is 10.1. The third-order valence-electron chi connectivity index (χ3n) is 3.66. The second-order valence-electron chi connectivity index (χ2n) is 6.23. The first-order valence-electron chi connectivity index (χ1n) is 8.47. The van der Waals surface area contributed by atoms with Crippen molar-refractivity contribution in [3.63, 3.8) is 0 Å². The van der Waals surface area contributed by atoms with E-state index in [-0.39, 0.29) is 5.91 Å². The standard InChI is InChI=1S/C21H26N2OS/c1-17-9-11-18(12-10-17)13-14-21(24)22-19-7-4-5-8-20(19)25-16-6-15-23(2)3/h4-5,7-14H,6,15-16H2,1-3H3,(H,22,24). The predicted molar refractivity (Wildman–Crippen MR) is 109 cm³/mol. The Morgan fingerprint density at radius 2 is 1.84 bits per heavy atom. The fraction of sp³-hybridized carbons (Fsp3) is 0.286. The van der Waals surface area contributed by atoms with Crippen LogP contribution in [0.5, 0.6) is 0 Å². The Morgan fingerprint density at radius 3 is 2.56 bits per heavy atom. The van der Waals surface area contributed by atoms with Crippen LogP contribution in [0.4, 0.5) is 5.69 Å². The highest BCUT2D eigenvalue weighted by atomic mass is 32.2. The van der Waals surface area contributed by atoms with Gasteiger partial charge in [0.15, 0.2) is 0 Å². The molecule has 0 aliphatic rings. The number of nitrogens with one attached hydrogen (secondary N) is 1. The summed E-state index contributed by atoms with van der Waals surface area (Å²) in [5.74, 6) is 0.923. The number of nitrogens with zero attached hydrogens (tertiary/aromatic N) is 1. The van der Waals surface area contributed by atoms with Crippen LogP contribution in [0.15, 0.2) is 59.5 Å². The van der Waals surface area contributed by atoms with E-state index < -0.39 is 0 Å². The summed E-state index contributed by atoms with van der Waals surface area (Å²) in [7, 11) is 4.17. The summed E-state index contributed by atoms with van der Waals surface area (Å²) in [6, 6.07) is 16.1. The number of hydrogen-bond donors (Lipinski definition) is 1. The molecule has 0 aliphatic heterocycles. The lowest BCUT2D eigenvalue weighted by Crippen LogP contribution is -2.13. The minimum absolute atomic E-state index is 0.109. The van der Waals surface area contributed by atoms with Gasteiger partial charge < -0.3 is 10.2 Å². The minimum atomic E-state index is -0.109. The van der Waals surface area contributed by atoms with Crippen LogP contribution in [0.3, 0.4) is 0 Å². The molecule has 25 heavy (non-hydrogen) atoms. The van der Waals surface area contributed by atoms with Gasteiger partial charge in [-0.15, -0.1) is 11.8 Å². The molecule has 2 aromatic rings. The molecule has 0 aliphatic carbocycles. The number of aryl methyl sites for hydroxylation is 1. The van der Waals surface area contributed by atoms with E-state index in [0.717, 1.165) is 34.9 Å². The number of carbonyl (C=O) groups is 1. The van der Waals surface area contributed by atoms with Gasteiger partial charge >= 0.3 is 0 Å². The zero-order valence-corrected chi connectivity index (χ0v) is 16.0. The Kier molecular flexibility index (Phi) is 7.76. The van der Waals surface area contributed by atoms with Gasteiger partial charge in [0.25, 0.3) is 0 Å². The molecule has 0 aromatic heterocycles. The lowest BCUT2D eigenvalue weighted by Gasteiger charge is -2.11. The maximum absolute atomic E-state index is 12.2. The van der Waals surface area contributed by atoms with E-state index in [1.165, 1.54) is 5.56 Å². The SMILES string of the molecule is Cc1ccc(C=CC(=O)Nc2ccccc2SCCCN(C)C)cc1. The highest BCUT2D eigenvalue weighted by molar-refractivity contribution is 7.99. The maximum Gasteiger partial charge on any atom is 0.248 e. The van der Waals surface area contributed by atoms with Crippen LogP contribution in [0, 0.1) is 6.92 Å². The fourth-order valence-corrected chi connectivity index (χ4v) is 3.23. The molecule has 3 nitrogen and oxygen atoms in total. The molecular weight excluding hydrogens is 328 g/mol. The van der Waals surface area contributed by atoms with Gasteiger partial charge in [0.1, 0.15) is 0 Å². The molecule has 132 valence electrons. The molecule has 0 heterocycles. The van der Waals surface area contributed by atoms with Crippen molar-refractivity contribution < 1.29 is 4.79 Å². The van der Waals surface area contributed by atoms with Gasteiger partial charge in [-0.3, -0.25) is 4.79 Å². The number of para-hydroxylation sites is 1. The molecule has 2 aromatic carbocycles. The van der Waals surface area contributed by atoms with Crippen molar-refractivity contribution in [3.05, 3.63) is 65.7 Å². The highest BCUT2D eigenvalue weighted by Crippen LogP contribution is 2.27. The predicted octanol–water partition coefficient (Wildman–Crippen LogP) is 4.69. The number of benzene rings is 2. The summed E-state index contributed by atoms with van der Waals surface area (Å²) in [4.78, 5) is 15.5. The largest absolute Gasteiger partial charge is 0.321 e. The van der Waals surface area contributed by atoms with E-state index in [1.54, 1.807) is 17.8 Å². The zero-order chi connectivity index (χ0) is 18.1. The van der Waals surface area contributed by atoms with Crippen molar-refractivity contribution in [2.75, 3.05) is 31.7 Å². The molecule has 0 bridgehead atoms. The van der Waals surface area contributed by atoms with Gasteiger partial charge in [-0.25, -0.2) is 0 Å². The molecule has 2 rings (SSSR count). The van der Waals surface area contributed by atoms with E-state index in [1.807, 2.05) is 55.5 Å². The summed E-state index contributed by atoms with van der Waals surface area (Å²) in [6.45, 7) is 3.12. The quantitative estimate of drug-likeness (QED) is 0.424. The topological polar surface area (TPSA) is 32.3 Å². The van der Waals surface area contributed by atoms with E-state index in [4.69, 9.17) is 0 Å². The Hall–Kier alpha value is -2.04. The molecule has 0 fully saturated rings. The van der Waals surface area contributed by atoms with Gasteiger partial charge in [-0.05, 0) is 63.5 Å². The van der Waals surface area contributed by atoms with Gasteiger partial charge in [-0.2, -0.15) is 0 Å². The Morgan fingerprint density at radius 1 is 1.12 bits per heavy atom. The van der Waals surface area contributed by atoms with Gasteiger partial charge in [-0.1, -0.05) is 42.0 Å². The molecule has 0 unspecified atom stereocenters. The van der Waals surface area contributed by atoms with Crippen molar-refractivity contribution in [2.24, 2.45) is 0 Å². The lowest BCUT2D eigenvalue weighted by molar-refractivity contribution is -0.111. The Labute approximate surface area is 155 Å². The monoisotopic (exact) mass is 354 g/mol. The summed E-state index contributed by atoms with van der Waals surface area (Å²) < 4.78 is 0. The van der Waals surface area contributed by atoms with Gasteiger partial charge in [0.2, 0.25) is 5.91 Å². The van der Waals surface area contributed by atoms with Crippen LogP contribution in [-0.4, -0.2) is 37.2 Å². The molecule has 0 saturated heterocycles. The first kappa shape index (κ1) is 19.3. The molecular formula is C21H26N2OS. The van der Waals surface area contributed by atoms with Crippen LogP contribution in [-0.2, 0) is 4.79 Å². The van der Waals surface area contributed by atoms with Crippen LogP contribution in [0.1, 0.15) is 17.5 Å². The van der Waals surface area contributed by atoms with Gasteiger partial charge in [0.05, 0.1) is 5.69 Å². The smallest absolute Gasteiger partial charge is 0.248 e. The Balaban J connectivity index is 1.92. The average Bonchev–Trinajstić information content (AvgIpc) is 2.59. The molecule has 0 radical (unpaired) electrons. The van der Waals surface area contributed by atoms with Crippen LogP contribution in [0.2, 0.25) is 0 Å². The number of amides is 1. The van der Waals surface area contributed by atoms with Crippen LogP contribution in [0.25, 0.3) is 6.08 Å². The first-order valence-corrected chi connectivity index (χ1v) is 9.45. The summed E-state index contributed by atoms with van der Waals surface area (Å²) in [5.41, 5.74) is 3.10. The molecule has 4 heteroatoms. The minimum Gasteiger partial charge on any atom is -0.321 e. The fourth-order valence-electron chi connectivity index (χ4n) is 2.28. The molecule has 1 amide bonds. The Bertz CT molecular complexity index is 708. The van der Waals surface area contributed by atoms with Crippen molar-refractivity contribution in [2.45, 2.75) is 18.2 Å². The van der Waals surface area contributed by atoms with Crippen molar-refractivity contribution in [1.29, 1.82) is 0 Å². The van der Waals surface area contributed by atoms with Crippen LogP contribution >= 0.6 is 11.8 Å². The van der Waals surface area contributed by atoms with E-state index in [0.29, 0.717) is 0 Å². The second-order valence-corrected chi connectivity index (χ2v) is 7.37. The van der Waals surface area contributed by atoms with E-state index in [9.17, 15) is 4.79 Å². The summed E-state index contributed by atoms with van der Waals surface area (Å²) in [6.07, 6.45) is 4.53. The zero-order valence-electron chi connectivity index (χ0n) is 15.2. The number of carbonyl (C=O) groups excluding carboxylic acids is 1. The van der Waals surface area contributed by atoms with E-state index >= 15 is 0 Å². The molecule has 0 spiro atoms. The normalized spacial score (nSPS) is 11.2. The average molecular weight is 355 g/mol.